The van der Waals surface area contributed by atoms with Crippen LogP contribution in [0.4, 0.5) is 26.3 Å². The average Bonchev–Trinajstić information content (AvgIpc) is 3.24. The smallest absolute Gasteiger partial charge is 0.406 e. The molecular weight excluding hydrogens is 466 g/mol. The molecule has 0 unspecified atom stereocenters. The van der Waals surface area contributed by atoms with Gasteiger partial charge in [0.1, 0.15) is 11.4 Å². The van der Waals surface area contributed by atoms with Gasteiger partial charge in [0.15, 0.2) is 0 Å². The quantitative estimate of drug-likeness (QED) is 0.563. The van der Waals surface area contributed by atoms with Crippen LogP contribution in [0.3, 0.4) is 0 Å². The predicted molar refractivity (Wildman–Crippen MR) is 111 cm³/mol. The van der Waals surface area contributed by atoms with Crippen LogP contribution in [0.15, 0.2) is 30.3 Å². The van der Waals surface area contributed by atoms with Gasteiger partial charge in [0.25, 0.3) is 0 Å². The van der Waals surface area contributed by atoms with Crippen LogP contribution in [0.5, 0.6) is 5.75 Å². The SMILES string of the molecule is FC(F)(F)Oc1ccc(-n2nc(C3CCN(CCN4CCOCC4)CC3)cc2C(F)(F)F)cc1. The zero-order valence-corrected chi connectivity index (χ0v) is 18.4. The van der Waals surface area contributed by atoms with Gasteiger partial charge in [0.05, 0.1) is 24.6 Å². The summed E-state index contributed by atoms with van der Waals surface area (Å²) < 4.78 is 88.1. The third-order valence-corrected chi connectivity index (χ3v) is 6.18. The van der Waals surface area contributed by atoms with Crippen molar-refractivity contribution in [2.24, 2.45) is 0 Å². The van der Waals surface area contributed by atoms with Crippen LogP contribution >= 0.6 is 0 Å². The summed E-state index contributed by atoms with van der Waals surface area (Å²) in [7, 11) is 0. The van der Waals surface area contributed by atoms with E-state index in [-0.39, 0.29) is 11.6 Å². The van der Waals surface area contributed by atoms with Crippen molar-refractivity contribution in [1.82, 2.24) is 19.6 Å². The van der Waals surface area contributed by atoms with Gasteiger partial charge in [-0.3, -0.25) is 4.90 Å². The van der Waals surface area contributed by atoms with Crippen molar-refractivity contribution in [2.75, 3.05) is 52.5 Å². The first-order valence-corrected chi connectivity index (χ1v) is 11.1. The van der Waals surface area contributed by atoms with Crippen LogP contribution in [0.1, 0.15) is 30.1 Å². The number of halogens is 6. The Kier molecular flexibility index (Phi) is 7.39. The van der Waals surface area contributed by atoms with Gasteiger partial charge in [-0.2, -0.15) is 18.3 Å². The molecule has 2 fully saturated rings. The Balaban J connectivity index is 1.42. The molecule has 0 radical (unpaired) electrons. The number of nitrogens with zero attached hydrogens (tertiary/aromatic N) is 4. The number of aromatic nitrogens is 2. The second-order valence-corrected chi connectivity index (χ2v) is 8.48. The Morgan fingerprint density at radius 3 is 2.03 bits per heavy atom. The molecule has 34 heavy (non-hydrogen) atoms. The van der Waals surface area contributed by atoms with Crippen molar-refractivity contribution in [3.63, 3.8) is 0 Å². The fraction of sp³-hybridized carbons (Fsp3) is 0.591. The van der Waals surface area contributed by atoms with Crippen molar-refractivity contribution >= 4 is 0 Å². The number of piperidine rings is 1. The van der Waals surface area contributed by atoms with Crippen molar-refractivity contribution in [2.45, 2.75) is 31.3 Å². The second-order valence-electron chi connectivity index (χ2n) is 8.48. The number of morpholine rings is 1. The minimum absolute atomic E-state index is 0.0102. The maximum atomic E-state index is 13.7. The number of likely N-dealkylation sites (tertiary alicyclic amines) is 1. The maximum Gasteiger partial charge on any atom is 0.573 e. The number of hydrogen-bond acceptors (Lipinski definition) is 5. The predicted octanol–water partition coefficient (Wildman–Crippen LogP) is 4.30. The summed E-state index contributed by atoms with van der Waals surface area (Å²) in [6.07, 6.45) is -8.16. The Hall–Kier alpha value is -2.31. The van der Waals surface area contributed by atoms with E-state index >= 15 is 0 Å². The summed E-state index contributed by atoms with van der Waals surface area (Å²) in [5.41, 5.74) is -0.603. The molecule has 6 nitrogen and oxygen atoms in total. The molecule has 0 saturated carbocycles. The lowest BCUT2D eigenvalue weighted by Gasteiger charge is -2.34. The van der Waals surface area contributed by atoms with Gasteiger partial charge in [0, 0.05) is 32.1 Å². The monoisotopic (exact) mass is 492 g/mol. The third kappa shape index (κ3) is 6.42. The molecule has 2 aliphatic heterocycles. The molecule has 4 rings (SSSR count). The Labute approximate surface area is 193 Å². The van der Waals surface area contributed by atoms with Crippen molar-refractivity contribution in [3.8, 4) is 11.4 Å². The van der Waals surface area contributed by atoms with Crippen LogP contribution in [0.2, 0.25) is 0 Å². The maximum absolute atomic E-state index is 13.7. The molecule has 1 aromatic heterocycles. The summed E-state index contributed by atoms with van der Waals surface area (Å²) in [5.74, 6) is -0.628. The molecular formula is C22H26F6N4O2. The van der Waals surface area contributed by atoms with Gasteiger partial charge in [-0.05, 0) is 56.3 Å². The van der Waals surface area contributed by atoms with E-state index in [9.17, 15) is 26.3 Å². The number of alkyl halides is 6. The molecule has 0 spiro atoms. The summed E-state index contributed by atoms with van der Waals surface area (Å²) in [6.45, 7) is 6.69. The molecule has 12 heteroatoms. The molecule has 2 aromatic rings. The highest BCUT2D eigenvalue weighted by molar-refractivity contribution is 5.39. The summed E-state index contributed by atoms with van der Waals surface area (Å²) >= 11 is 0. The van der Waals surface area contributed by atoms with E-state index in [4.69, 9.17) is 4.74 Å². The first-order valence-electron chi connectivity index (χ1n) is 11.1. The largest absolute Gasteiger partial charge is 0.573 e. The first kappa shape index (κ1) is 24.8. The normalized spacial score (nSPS) is 19.5. The molecule has 2 aliphatic rings. The molecule has 3 heterocycles. The molecule has 0 N–H and O–H groups in total. The molecule has 2 saturated heterocycles. The van der Waals surface area contributed by atoms with Crippen LogP contribution in [-0.2, 0) is 10.9 Å². The van der Waals surface area contributed by atoms with E-state index in [2.05, 4.69) is 19.6 Å². The zero-order valence-electron chi connectivity index (χ0n) is 18.4. The van der Waals surface area contributed by atoms with E-state index in [1.54, 1.807) is 0 Å². The molecule has 0 atom stereocenters. The van der Waals surface area contributed by atoms with Crippen molar-refractivity contribution in [1.29, 1.82) is 0 Å². The average molecular weight is 492 g/mol. The fourth-order valence-corrected chi connectivity index (χ4v) is 4.35. The highest BCUT2D eigenvalue weighted by Crippen LogP contribution is 2.36. The molecule has 0 aliphatic carbocycles. The third-order valence-electron chi connectivity index (χ3n) is 6.18. The van der Waals surface area contributed by atoms with Crippen LogP contribution in [0, 0.1) is 0 Å². The molecule has 0 amide bonds. The second kappa shape index (κ2) is 10.1. The van der Waals surface area contributed by atoms with Gasteiger partial charge in [-0.15, -0.1) is 13.2 Å². The minimum Gasteiger partial charge on any atom is -0.406 e. The Morgan fingerprint density at radius 1 is 0.882 bits per heavy atom. The molecule has 0 bridgehead atoms. The minimum atomic E-state index is -4.88. The van der Waals surface area contributed by atoms with Gasteiger partial charge in [-0.1, -0.05) is 0 Å². The van der Waals surface area contributed by atoms with E-state index in [0.717, 1.165) is 87.5 Å². The number of rotatable bonds is 6. The van der Waals surface area contributed by atoms with E-state index in [0.29, 0.717) is 18.5 Å². The van der Waals surface area contributed by atoms with Crippen LogP contribution < -0.4 is 4.74 Å². The lowest BCUT2D eigenvalue weighted by Crippen LogP contribution is -2.43. The lowest BCUT2D eigenvalue weighted by molar-refractivity contribution is -0.274. The fourth-order valence-electron chi connectivity index (χ4n) is 4.35. The lowest BCUT2D eigenvalue weighted by atomic mass is 9.93. The van der Waals surface area contributed by atoms with E-state index in [1.165, 1.54) is 0 Å². The Bertz CT molecular complexity index is 930. The van der Waals surface area contributed by atoms with E-state index < -0.39 is 24.0 Å². The highest BCUT2D eigenvalue weighted by atomic mass is 19.4. The highest BCUT2D eigenvalue weighted by Gasteiger charge is 2.38. The van der Waals surface area contributed by atoms with Crippen LogP contribution in [-0.4, -0.2) is 78.4 Å². The van der Waals surface area contributed by atoms with Crippen molar-refractivity contribution in [3.05, 3.63) is 41.7 Å². The first-order chi connectivity index (χ1) is 16.1. The van der Waals surface area contributed by atoms with Gasteiger partial charge in [-0.25, -0.2) is 4.68 Å². The van der Waals surface area contributed by atoms with E-state index in [1.807, 2.05) is 0 Å². The van der Waals surface area contributed by atoms with Gasteiger partial charge >= 0.3 is 12.5 Å². The van der Waals surface area contributed by atoms with Crippen LogP contribution in [0.25, 0.3) is 5.69 Å². The summed E-state index contributed by atoms with van der Waals surface area (Å²) in [4.78, 5) is 4.66. The number of hydrogen-bond donors (Lipinski definition) is 0. The van der Waals surface area contributed by atoms with Crippen molar-refractivity contribution < 1.29 is 35.8 Å². The number of benzene rings is 1. The zero-order chi connectivity index (χ0) is 24.3. The number of ether oxygens (including phenoxy) is 2. The van der Waals surface area contributed by atoms with Gasteiger partial charge < -0.3 is 14.4 Å². The molecule has 188 valence electrons. The van der Waals surface area contributed by atoms with Gasteiger partial charge in [0.2, 0.25) is 0 Å². The topological polar surface area (TPSA) is 42.8 Å². The summed E-state index contributed by atoms with van der Waals surface area (Å²) in [6, 6.07) is 5.24. The Morgan fingerprint density at radius 2 is 1.47 bits per heavy atom. The summed E-state index contributed by atoms with van der Waals surface area (Å²) in [5, 5.41) is 4.21. The molecule has 1 aromatic carbocycles. The standard InChI is InChI=1S/C22H26F6N4O2/c23-21(24,25)20-15-19(29-32(20)17-1-3-18(4-2-17)34-22(26,27)28)16-5-7-30(8-6-16)9-10-31-11-13-33-14-12-31/h1-4,15-16H,5-14H2.